The van der Waals surface area contributed by atoms with Crippen molar-refractivity contribution in [3.05, 3.63) is 62.6 Å². The molecule has 1 aliphatic rings. The summed E-state index contributed by atoms with van der Waals surface area (Å²) in [5.74, 6) is 0. The molecule has 0 saturated carbocycles. The van der Waals surface area contributed by atoms with Gasteiger partial charge in [-0.3, -0.25) is 0 Å². The van der Waals surface area contributed by atoms with E-state index in [0.717, 1.165) is 26.6 Å². The zero-order chi connectivity index (χ0) is 16.9. The molecule has 0 saturated heterocycles. The number of benzene rings is 2. The van der Waals surface area contributed by atoms with Crippen molar-refractivity contribution in [1.82, 2.24) is 0 Å². The van der Waals surface area contributed by atoms with E-state index in [-0.39, 0.29) is 5.54 Å². The second-order valence-electron chi connectivity index (χ2n) is 6.57. The van der Waals surface area contributed by atoms with Gasteiger partial charge in [-0.2, -0.15) is 0 Å². The number of nitrogens with zero attached hydrogens (tertiary/aromatic N) is 1. The van der Waals surface area contributed by atoms with Gasteiger partial charge >= 0.3 is 0 Å². The van der Waals surface area contributed by atoms with Crippen molar-refractivity contribution in [2.24, 2.45) is 4.99 Å². The highest BCUT2D eigenvalue weighted by molar-refractivity contribution is 7.68. The first-order chi connectivity index (χ1) is 11.4. The van der Waals surface area contributed by atoms with Gasteiger partial charge in [0.2, 0.25) is 0 Å². The molecule has 2 aromatic carbocycles. The van der Waals surface area contributed by atoms with Gasteiger partial charge in [-0.25, -0.2) is 4.99 Å². The molecule has 0 amide bonds. The molecule has 3 aromatic rings. The van der Waals surface area contributed by atoms with Crippen LogP contribution in [0.5, 0.6) is 0 Å². The van der Waals surface area contributed by atoms with Crippen LogP contribution in [0, 0.1) is 6.92 Å². The van der Waals surface area contributed by atoms with Crippen LogP contribution in [0.2, 0.25) is 5.02 Å². The van der Waals surface area contributed by atoms with Crippen molar-refractivity contribution in [2.45, 2.75) is 26.3 Å². The third kappa shape index (κ3) is 2.69. The number of fused-ring (bicyclic) bond motifs is 3. The van der Waals surface area contributed by atoms with Gasteiger partial charge in [0.15, 0.2) is 0 Å². The zero-order valence-corrected chi connectivity index (χ0v) is 16.1. The first-order valence-corrected chi connectivity index (χ1v) is 10.3. The molecule has 0 fully saturated rings. The van der Waals surface area contributed by atoms with Crippen LogP contribution in [0.1, 0.15) is 24.3 Å². The summed E-state index contributed by atoms with van der Waals surface area (Å²) in [4.78, 5) is 6.24. The molecule has 24 heavy (non-hydrogen) atoms. The Morgan fingerprint density at radius 1 is 1.08 bits per heavy atom. The van der Waals surface area contributed by atoms with E-state index >= 15 is 0 Å². The van der Waals surface area contributed by atoms with Crippen LogP contribution in [0.25, 0.3) is 11.1 Å². The molecule has 1 aromatic heterocycles. The molecule has 1 aliphatic heterocycles. The monoisotopic (exact) mass is 372 g/mol. The van der Waals surface area contributed by atoms with Crippen LogP contribution < -0.4 is 9.99 Å². The van der Waals surface area contributed by atoms with Crippen LogP contribution in [-0.2, 0) is 5.54 Å². The molecule has 0 bridgehead atoms. The molecule has 0 atom stereocenters. The second-order valence-corrected chi connectivity index (χ2v) is 9.13. The second kappa shape index (κ2) is 5.73. The Bertz CT molecular complexity index is 999. The Balaban J connectivity index is 2.00. The summed E-state index contributed by atoms with van der Waals surface area (Å²) in [6.45, 7) is 6.51. The maximum Gasteiger partial charge on any atom is 0.135 e. The molecule has 0 spiro atoms. The lowest BCUT2D eigenvalue weighted by molar-refractivity contribution is 0.619. The number of nitrogens with one attached hydrogen (secondary N) is 1. The summed E-state index contributed by atoms with van der Waals surface area (Å²) < 4.78 is 1.05. The largest absolute Gasteiger partial charge is 0.375 e. The molecule has 0 aliphatic carbocycles. The van der Waals surface area contributed by atoms with E-state index in [1.54, 1.807) is 20.7 Å². The minimum Gasteiger partial charge on any atom is -0.375 e. The normalized spacial score (nSPS) is 15.6. The van der Waals surface area contributed by atoms with Gasteiger partial charge in [-0.1, -0.05) is 44.4 Å². The lowest BCUT2D eigenvalue weighted by Crippen LogP contribution is -2.31. The van der Waals surface area contributed by atoms with Crippen LogP contribution in [-0.4, -0.2) is 0 Å². The van der Waals surface area contributed by atoms with Gasteiger partial charge in [0, 0.05) is 21.8 Å². The number of anilines is 1. The van der Waals surface area contributed by atoms with E-state index in [0.29, 0.717) is 0 Å². The van der Waals surface area contributed by atoms with Gasteiger partial charge in [0.1, 0.15) is 4.67 Å². The molecule has 2 nitrogen and oxygen atoms in total. The maximum absolute atomic E-state index is 6.26. The Morgan fingerprint density at radius 3 is 2.71 bits per heavy atom. The number of rotatable bonds is 1. The number of aryl methyl sites for hydroxylation is 1. The van der Waals surface area contributed by atoms with Gasteiger partial charge in [-0.05, 0) is 56.7 Å². The van der Waals surface area contributed by atoms with Crippen LogP contribution in [0.3, 0.4) is 0 Å². The Hall–Kier alpha value is -1.62. The average molecular weight is 373 g/mol. The minimum atomic E-state index is -0.113. The quantitative estimate of drug-likeness (QED) is 0.496. The van der Waals surface area contributed by atoms with Crippen molar-refractivity contribution in [1.29, 1.82) is 0 Å². The first-order valence-electron chi connectivity index (χ1n) is 7.77. The van der Waals surface area contributed by atoms with Crippen molar-refractivity contribution < 1.29 is 0 Å². The lowest BCUT2D eigenvalue weighted by Gasteiger charge is -2.33. The fourth-order valence-electron chi connectivity index (χ4n) is 3.03. The molecule has 5 heteroatoms. The third-order valence-corrected chi connectivity index (χ3v) is 7.02. The summed E-state index contributed by atoms with van der Waals surface area (Å²) in [5, 5.41) is 4.37. The molecule has 0 radical (unpaired) electrons. The Labute approximate surface area is 153 Å². The third-order valence-electron chi connectivity index (χ3n) is 4.14. The molecule has 122 valence electrons. The predicted octanol–water partition coefficient (Wildman–Crippen LogP) is 6.33. The van der Waals surface area contributed by atoms with Crippen molar-refractivity contribution in [2.75, 3.05) is 5.32 Å². The van der Waals surface area contributed by atoms with Crippen molar-refractivity contribution in [3.63, 3.8) is 0 Å². The molecule has 2 heterocycles. The van der Waals surface area contributed by atoms with Crippen molar-refractivity contribution >= 4 is 43.7 Å². The first kappa shape index (κ1) is 15.9. The summed E-state index contributed by atoms with van der Waals surface area (Å²) >= 11 is 6.26. The average Bonchev–Trinajstić information content (AvgIpc) is 2.93. The number of halogens is 1. The minimum absolute atomic E-state index is 0.113. The molecular weight excluding hydrogens is 356 g/mol. The van der Waals surface area contributed by atoms with Gasteiger partial charge < -0.3 is 5.32 Å². The predicted molar refractivity (Wildman–Crippen MR) is 106 cm³/mol. The molecule has 4 rings (SSSR count). The highest BCUT2D eigenvalue weighted by atomic mass is 35.5. The fraction of sp³-hybridized carbons (Fsp3) is 0.211. The van der Waals surface area contributed by atoms with E-state index in [1.165, 1.54) is 16.0 Å². The molecule has 0 unspecified atom stereocenters. The lowest BCUT2D eigenvalue weighted by atomic mass is 9.90. The van der Waals surface area contributed by atoms with E-state index in [4.69, 9.17) is 16.6 Å². The van der Waals surface area contributed by atoms with E-state index < -0.39 is 0 Å². The summed E-state index contributed by atoms with van der Waals surface area (Å²) in [6, 6.07) is 14.3. The SMILES string of the molecule is Cc1cccc(N=c2ssc3c2-c2cc(Cl)ccc2NC3(C)C)c1. The van der Waals surface area contributed by atoms with Crippen LogP contribution in [0.15, 0.2) is 47.5 Å². The van der Waals surface area contributed by atoms with Crippen LogP contribution >= 0.6 is 32.3 Å². The van der Waals surface area contributed by atoms with E-state index in [9.17, 15) is 0 Å². The van der Waals surface area contributed by atoms with Crippen LogP contribution in [0.4, 0.5) is 11.4 Å². The van der Waals surface area contributed by atoms with Crippen molar-refractivity contribution in [3.8, 4) is 11.1 Å². The maximum atomic E-state index is 6.26. The fourth-order valence-corrected chi connectivity index (χ4v) is 6.14. The summed E-state index contributed by atoms with van der Waals surface area (Å²) in [7, 11) is 3.52. The van der Waals surface area contributed by atoms with Gasteiger partial charge in [0.05, 0.1) is 16.1 Å². The molecular formula is C19H17ClN2S2. The highest BCUT2D eigenvalue weighted by Crippen LogP contribution is 2.46. The number of hydrogen-bond acceptors (Lipinski definition) is 4. The van der Waals surface area contributed by atoms with Gasteiger partial charge in [0.25, 0.3) is 0 Å². The summed E-state index contributed by atoms with van der Waals surface area (Å²) in [6.07, 6.45) is 0. The highest BCUT2D eigenvalue weighted by Gasteiger charge is 2.33. The molecule has 1 N–H and O–H groups in total. The zero-order valence-electron chi connectivity index (χ0n) is 13.7. The standard InChI is InChI=1S/C19H17ClN2S2/c1-11-5-4-6-13(9-11)21-18-16-14-10-12(20)7-8-15(14)22-19(2,3)17(16)23-24-18/h4-10,22H,1-3H3. The topological polar surface area (TPSA) is 24.4 Å². The summed E-state index contributed by atoms with van der Waals surface area (Å²) in [5.41, 5.74) is 5.57. The van der Waals surface area contributed by atoms with E-state index in [2.05, 4.69) is 50.4 Å². The van der Waals surface area contributed by atoms with Gasteiger partial charge in [-0.15, -0.1) is 0 Å². The Kier molecular flexibility index (Phi) is 3.79. The van der Waals surface area contributed by atoms with E-state index in [1.807, 2.05) is 18.2 Å². The number of hydrogen-bond donors (Lipinski definition) is 1. The Morgan fingerprint density at radius 2 is 1.92 bits per heavy atom. The smallest absolute Gasteiger partial charge is 0.135 e.